The van der Waals surface area contributed by atoms with Gasteiger partial charge >= 0.3 is 6.09 Å². The standard InChI is InChI=1S/C14H19BrN2O5S/c15-11-1-3-13(4-2-11)23(21,22)17(9-10-18)12-5-7-16(8-6-12)14(19)20/h1-4,12,18H,5-10H2,(H,19,20). The number of likely N-dealkylation sites (tertiary alicyclic amines) is 1. The first-order chi connectivity index (χ1) is 10.9. The van der Waals surface area contributed by atoms with Crippen molar-refractivity contribution in [2.24, 2.45) is 0 Å². The monoisotopic (exact) mass is 406 g/mol. The number of carbonyl (C=O) groups is 1. The highest BCUT2D eigenvalue weighted by Gasteiger charge is 2.34. The zero-order valence-electron chi connectivity index (χ0n) is 12.4. The van der Waals surface area contributed by atoms with Gasteiger partial charge in [0.15, 0.2) is 0 Å². The molecule has 1 aliphatic heterocycles. The van der Waals surface area contributed by atoms with Crippen molar-refractivity contribution in [1.29, 1.82) is 0 Å². The van der Waals surface area contributed by atoms with Crippen molar-refractivity contribution in [3.8, 4) is 0 Å². The van der Waals surface area contributed by atoms with Crippen molar-refractivity contribution in [2.75, 3.05) is 26.2 Å². The Morgan fingerprint density at radius 2 is 1.83 bits per heavy atom. The molecule has 2 N–H and O–H groups in total. The maximum absolute atomic E-state index is 12.8. The van der Waals surface area contributed by atoms with Crippen LogP contribution in [0.2, 0.25) is 0 Å². The molecule has 1 saturated heterocycles. The molecule has 0 aliphatic carbocycles. The Balaban J connectivity index is 2.21. The summed E-state index contributed by atoms with van der Waals surface area (Å²) in [6.45, 7) is 0.292. The van der Waals surface area contributed by atoms with Crippen molar-refractivity contribution in [1.82, 2.24) is 9.21 Å². The summed E-state index contributed by atoms with van der Waals surface area (Å²) in [7, 11) is -3.73. The van der Waals surface area contributed by atoms with Gasteiger partial charge in [-0.25, -0.2) is 13.2 Å². The molecule has 1 aliphatic rings. The molecule has 0 saturated carbocycles. The number of amides is 1. The van der Waals surface area contributed by atoms with Gasteiger partial charge < -0.3 is 15.1 Å². The molecular weight excluding hydrogens is 388 g/mol. The van der Waals surface area contributed by atoms with Crippen LogP contribution in [0.25, 0.3) is 0 Å². The number of benzene rings is 1. The molecule has 7 nitrogen and oxygen atoms in total. The lowest BCUT2D eigenvalue weighted by atomic mass is 10.1. The number of aliphatic hydroxyl groups excluding tert-OH is 1. The van der Waals surface area contributed by atoms with Crippen molar-refractivity contribution >= 4 is 32.0 Å². The minimum Gasteiger partial charge on any atom is -0.465 e. The van der Waals surface area contributed by atoms with Crippen LogP contribution in [0, 0.1) is 0 Å². The molecule has 23 heavy (non-hydrogen) atoms. The first kappa shape index (κ1) is 18.2. The van der Waals surface area contributed by atoms with E-state index in [4.69, 9.17) is 5.11 Å². The van der Waals surface area contributed by atoms with E-state index in [-0.39, 0.29) is 37.2 Å². The molecule has 128 valence electrons. The molecule has 9 heteroatoms. The molecule has 0 spiro atoms. The lowest BCUT2D eigenvalue weighted by Crippen LogP contribution is -2.49. The number of hydrogen-bond donors (Lipinski definition) is 2. The number of sulfonamides is 1. The largest absolute Gasteiger partial charge is 0.465 e. The van der Waals surface area contributed by atoms with Gasteiger partial charge in [0.05, 0.1) is 11.5 Å². The molecule has 0 bridgehead atoms. The predicted octanol–water partition coefficient (Wildman–Crippen LogP) is 1.57. The second-order valence-electron chi connectivity index (χ2n) is 5.29. The normalized spacial score (nSPS) is 16.7. The van der Waals surface area contributed by atoms with Gasteiger partial charge in [0.1, 0.15) is 0 Å². The van der Waals surface area contributed by atoms with E-state index >= 15 is 0 Å². The Labute approximate surface area is 143 Å². The smallest absolute Gasteiger partial charge is 0.407 e. The summed E-state index contributed by atoms with van der Waals surface area (Å²) in [5.41, 5.74) is 0. The fourth-order valence-corrected chi connectivity index (χ4v) is 4.63. The van der Waals surface area contributed by atoms with Crippen LogP contribution in [0.1, 0.15) is 12.8 Å². The summed E-state index contributed by atoms with van der Waals surface area (Å²) in [5, 5.41) is 18.2. The van der Waals surface area contributed by atoms with Crippen molar-refractivity contribution in [3.05, 3.63) is 28.7 Å². The number of rotatable bonds is 5. The molecule has 1 aromatic carbocycles. The Kier molecular flexibility index (Phi) is 6.01. The Morgan fingerprint density at radius 1 is 1.26 bits per heavy atom. The number of aliphatic hydroxyl groups is 1. The predicted molar refractivity (Wildman–Crippen MR) is 87.7 cm³/mol. The van der Waals surface area contributed by atoms with Gasteiger partial charge in [-0.15, -0.1) is 0 Å². The second-order valence-corrected chi connectivity index (χ2v) is 8.10. The fraction of sp³-hybridized carbons (Fsp3) is 0.500. The SMILES string of the molecule is O=C(O)N1CCC(N(CCO)S(=O)(=O)c2ccc(Br)cc2)CC1. The Morgan fingerprint density at radius 3 is 2.30 bits per heavy atom. The average molecular weight is 407 g/mol. The molecule has 0 radical (unpaired) electrons. The average Bonchev–Trinajstić information content (AvgIpc) is 2.53. The van der Waals surface area contributed by atoms with Crippen molar-refractivity contribution in [3.63, 3.8) is 0 Å². The number of halogens is 1. The lowest BCUT2D eigenvalue weighted by molar-refractivity contribution is 0.114. The van der Waals surface area contributed by atoms with E-state index in [9.17, 15) is 18.3 Å². The topological polar surface area (TPSA) is 98.2 Å². The van der Waals surface area contributed by atoms with Crippen LogP contribution >= 0.6 is 15.9 Å². The van der Waals surface area contributed by atoms with Crippen LogP contribution in [0.4, 0.5) is 4.79 Å². The summed E-state index contributed by atoms with van der Waals surface area (Å²) >= 11 is 3.27. The zero-order valence-corrected chi connectivity index (χ0v) is 14.8. The van der Waals surface area contributed by atoms with E-state index in [0.29, 0.717) is 12.8 Å². The molecule has 0 aromatic heterocycles. The number of nitrogens with zero attached hydrogens (tertiary/aromatic N) is 2. The lowest BCUT2D eigenvalue weighted by Gasteiger charge is -2.36. The molecular formula is C14H19BrN2O5S. The molecule has 1 amide bonds. The summed E-state index contributed by atoms with van der Waals surface area (Å²) in [6.07, 6.45) is -0.155. The molecule has 1 heterocycles. The highest BCUT2D eigenvalue weighted by molar-refractivity contribution is 9.10. The van der Waals surface area contributed by atoms with E-state index in [2.05, 4.69) is 15.9 Å². The minimum absolute atomic E-state index is 0.00383. The Bertz CT molecular complexity index is 642. The van der Waals surface area contributed by atoms with Gasteiger partial charge in [0.2, 0.25) is 10.0 Å². The fourth-order valence-electron chi connectivity index (χ4n) is 2.68. The highest BCUT2D eigenvalue weighted by Crippen LogP contribution is 2.25. The van der Waals surface area contributed by atoms with Crippen LogP contribution in [0.15, 0.2) is 33.6 Å². The molecule has 0 atom stereocenters. The van der Waals surface area contributed by atoms with E-state index in [1.807, 2.05) is 0 Å². The van der Waals surface area contributed by atoms with E-state index in [0.717, 1.165) is 4.47 Å². The minimum atomic E-state index is -3.73. The van der Waals surface area contributed by atoms with Gasteiger partial charge in [-0.3, -0.25) is 0 Å². The molecule has 1 fully saturated rings. The number of hydrogen-bond acceptors (Lipinski definition) is 4. The molecule has 2 rings (SSSR count). The van der Waals surface area contributed by atoms with Gasteiger partial charge in [-0.05, 0) is 37.1 Å². The van der Waals surface area contributed by atoms with Gasteiger partial charge in [0.25, 0.3) is 0 Å². The first-order valence-corrected chi connectivity index (χ1v) is 9.45. The van der Waals surface area contributed by atoms with E-state index in [1.165, 1.54) is 21.3 Å². The van der Waals surface area contributed by atoms with Crippen molar-refractivity contribution in [2.45, 2.75) is 23.8 Å². The second kappa shape index (κ2) is 7.61. The van der Waals surface area contributed by atoms with Crippen LogP contribution in [-0.4, -0.2) is 66.2 Å². The zero-order chi connectivity index (χ0) is 17.0. The van der Waals surface area contributed by atoms with Crippen LogP contribution in [-0.2, 0) is 10.0 Å². The molecule has 1 aromatic rings. The van der Waals surface area contributed by atoms with Crippen molar-refractivity contribution < 1.29 is 23.4 Å². The number of carboxylic acid groups (broad SMARTS) is 1. The summed E-state index contributed by atoms with van der Waals surface area (Å²) in [6, 6.07) is 6.01. The van der Waals surface area contributed by atoms with Gasteiger partial charge in [-0.1, -0.05) is 15.9 Å². The highest BCUT2D eigenvalue weighted by atomic mass is 79.9. The Hall–Kier alpha value is -1.16. The summed E-state index contributed by atoms with van der Waals surface area (Å²) in [4.78, 5) is 12.4. The summed E-state index contributed by atoms with van der Waals surface area (Å²) < 4.78 is 27.7. The third-order valence-corrected chi connectivity index (χ3v) is 6.38. The summed E-state index contributed by atoms with van der Waals surface area (Å²) in [5.74, 6) is 0. The third-order valence-electron chi connectivity index (χ3n) is 3.88. The maximum Gasteiger partial charge on any atom is 0.407 e. The maximum atomic E-state index is 12.8. The number of piperidine rings is 1. The van der Waals surface area contributed by atoms with Crippen LogP contribution < -0.4 is 0 Å². The molecule has 0 unspecified atom stereocenters. The van der Waals surface area contributed by atoms with Gasteiger partial charge in [0, 0.05) is 30.1 Å². The quantitative estimate of drug-likeness (QED) is 0.773. The van der Waals surface area contributed by atoms with E-state index < -0.39 is 16.1 Å². The first-order valence-electron chi connectivity index (χ1n) is 7.22. The van der Waals surface area contributed by atoms with E-state index in [1.54, 1.807) is 12.1 Å². The third kappa shape index (κ3) is 4.23. The van der Waals surface area contributed by atoms with Gasteiger partial charge in [-0.2, -0.15) is 4.31 Å². The van der Waals surface area contributed by atoms with Crippen LogP contribution in [0.5, 0.6) is 0 Å². The van der Waals surface area contributed by atoms with Crippen LogP contribution in [0.3, 0.4) is 0 Å².